The molecule has 0 bridgehead atoms. The van der Waals surface area contributed by atoms with E-state index in [1.807, 2.05) is 11.6 Å². The maximum absolute atomic E-state index is 10.6. The molecule has 1 N–H and O–H groups in total. The molecule has 0 radical (unpaired) electrons. The van der Waals surface area contributed by atoms with Crippen molar-refractivity contribution in [2.75, 3.05) is 23.7 Å². The van der Waals surface area contributed by atoms with Gasteiger partial charge in [-0.2, -0.15) is 0 Å². The molecule has 1 saturated heterocycles. The van der Waals surface area contributed by atoms with Crippen LogP contribution in [0, 0.1) is 5.41 Å². The molecular formula is C12H20N4O2S. The van der Waals surface area contributed by atoms with Gasteiger partial charge in [-0.1, -0.05) is 25.6 Å². The molecule has 1 aliphatic heterocycles. The zero-order valence-electron chi connectivity index (χ0n) is 11.6. The molecule has 1 fully saturated rings. The molecule has 19 heavy (non-hydrogen) atoms. The Hall–Kier alpha value is -1.24. The first-order valence-electron chi connectivity index (χ1n) is 6.38. The third kappa shape index (κ3) is 3.40. The summed E-state index contributed by atoms with van der Waals surface area (Å²) in [5, 5.41) is 17.6. The number of aromatic nitrogens is 3. The van der Waals surface area contributed by atoms with Crippen LogP contribution in [0.25, 0.3) is 0 Å². The summed E-state index contributed by atoms with van der Waals surface area (Å²) in [5.41, 5.74) is 0.399. The van der Waals surface area contributed by atoms with Crippen molar-refractivity contribution in [3.8, 4) is 0 Å². The Morgan fingerprint density at radius 2 is 2.00 bits per heavy atom. The van der Waals surface area contributed by atoms with Crippen LogP contribution in [0.3, 0.4) is 0 Å². The number of hydrogen-bond acceptors (Lipinski definition) is 5. The van der Waals surface area contributed by atoms with Crippen molar-refractivity contribution in [2.45, 2.75) is 31.8 Å². The van der Waals surface area contributed by atoms with Gasteiger partial charge in [0, 0.05) is 20.1 Å². The molecule has 7 heteroatoms. The summed E-state index contributed by atoms with van der Waals surface area (Å²) < 4.78 is 1.88. The monoisotopic (exact) mass is 284 g/mol. The Labute approximate surface area is 117 Å². The lowest BCUT2D eigenvalue weighted by Crippen LogP contribution is -2.38. The molecular weight excluding hydrogens is 264 g/mol. The largest absolute Gasteiger partial charge is 0.481 e. The van der Waals surface area contributed by atoms with Crippen molar-refractivity contribution >= 4 is 23.7 Å². The molecule has 0 atom stereocenters. The zero-order chi connectivity index (χ0) is 14.0. The van der Waals surface area contributed by atoms with Crippen LogP contribution >= 0.6 is 11.8 Å². The van der Waals surface area contributed by atoms with Crippen molar-refractivity contribution in [3.05, 3.63) is 0 Å². The van der Waals surface area contributed by atoms with E-state index in [9.17, 15) is 4.79 Å². The fourth-order valence-electron chi connectivity index (χ4n) is 2.15. The van der Waals surface area contributed by atoms with E-state index in [2.05, 4.69) is 28.9 Å². The molecule has 0 aliphatic carbocycles. The van der Waals surface area contributed by atoms with E-state index < -0.39 is 5.97 Å². The Morgan fingerprint density at radius 1 is 1.37 bits per heavy atom. The fraction of sp³-hybridized carbons (Fsp3) is 0.750. The van der Waals surface area contributed by atoms with E-state index >= 15 is 0 Å². The number of aliphatic carboxylic acids is 1. The number of rotatable bonds is 4. The van der Waals surface area contributed by atoms with E-state index in [-0.39, 0.29) is 5.75 Å². The van der Waals surface area contributed by atoms with Crippen molar-refractivity contribution < 1.29 is 9.90 Å². The molecule has 0 spiro atoms. The Kier molecular flexibility index (Phi) is 4.03. The average molecular weight is 284 g/mol. The minimum atomic E-state index is -0.839. The molecule has 6 nitrogen and oxygen atoms in total. The highest BCUT2D eigenvalue weighted by Gasteiger charge is 2.27. The van der Waals surface area contributed by atoms with Gasteiger partial charge in [-0.3, -0.25) is 9.36 Å². The topological polar surface area (TPSA) is 71.2 Å². The molecule has 2 heterocycles. The number of hydrogen-bond donors (Lipinski definition) is 1. The molecule has 0 aromatic carbocycles. The number of anilines is 1. The second-order valence-electron chi connectivity index (χ2n) is 5.68. The van der Waals surface area contributed by atoms with Gasteiger partial charge in [-0.25, -0.2) is 0 Å². The van der Waals surface area contributed by atoms with Gasteiger partial charge < -0.3 is 10.0 Å². The number of piperidine rings is 1. The smallest absolute Gasteiger partial charge is 0.313 e. The van der Waals surface area contributed by atoms with E-state index in [0.29, 0.717) is 10.6 Å². The van der Waals surface area contributed by atoms with Crippen LogP contribution in [0.15, 0.2) is 5.16 Å². The summed E-state index contributed by atoms with van der Waals surface area (Å²) in [7, 11) is 1.89. The van der Waals surface area contributed by atoms with Crippen LogP contribution in [0.5, 0.6) is 0 Å². The minimum Gasteiger partial charge on any atom is -0.481 e. The molecule has 0 amide bonds. The highest BCUT2D eigenvalue weighted by molar-refractivity contribution is 7.99. The standard InChI is InChI=1S/C12H20N4O2S/c1-12(2)4-6-16(7-5-12)10-13-14-11(15(10)3)19-8-9(17)18/h4-8H2,1-3H3,(H,17,18). The van der Waals surface area contributed by atoms with Gasteiger partial charge in [0.05, 0.1) is 5.75 Å². The molecule has 0 unspecified atom stereocenters. The number of carboxylic acid groups (broad SMARTS) is 1. The first-order valence-corrected chi connectivity index (χ1v) is 7.36. The van der Waals surface area contributed by atoms with Crippen molar-refractivity contribution in [1.29, 1.82) is 0 Å². The van der Waals surface area contributed by atoms with Crippen LogP contribution in [0.4, 0.5) is 5.95 Å². The van der Waals surface area contributed by atoms with Gasteiger partial charge in [0.25, 0.3) is 0 Å². The summed E-state index contributed by atoms with van der Waals surface area (Å²) in [6.45, 7) is 6.52. The molecule has 1 aliphatic rings. The van der Waals surface area contributed by atoms with Gasteiger partial charge in [-0.05, 0) is 18.3 Å². The molecule has 1 aromatic rings. The zero-order valence-corrected chi connectivity index (χ0v) is 12.4. The maximum atomic E-state index is 10.6. The van der Waals surface area contributed by atoms with Crippen molar-refractivity contribution in [3.63, 3.8) is 0 Å². The number of thioether (sulfide) groups is 1. The number of carboxylic acids is 1. The summed E-state index contributed by atoms with van der Waals surface area (Å²) in [6.07, 6.45) is 2.27. The Morgan fingerprint density at radius 3 is 2.58 bits per heavy atom. The van der Waals surface area contributed by atoms with Gasteiger partial charge in [-0.15, -0.1) is 10.2 Å². The molecule has 1 aromatic heterocycles. The number of carbonyl (C=O) groups is 1. The molecule has 0 saturated carbocycles. The SMILES string of the molecule is Cn1c(SCC(=O)O)nnc1N1CCC(C)(C)CC1. The third-order valence-corrected chi connectivity index (χ3v) is 4.54. The van der Waals surface area contributed by atoms with Crippen LogP contribution in [-0.4, -0.2) is 44.7 Å². The van der Waals surface area contributed by atoms with Crippen molar-refractivity contribution in [1.82, 2.24) is 14.8 Å². The molecule has 106 valence electrons. The highest BCUT2D eigenvalue weighted by Crippen LogP contribution is 2.32. The molecule has 2 rings (SSSR count). The van der Waals surface area contributed by atoms with E-state index in [1.54, 1.807) is 0 Å². The Balaban J connectivity index is 2.04. The van der Waals surface area contributed by atoms with E-state index in [1.165, 1.54) is 11.8 Å². The van der Waals surface area contributed by atoms with Gasteiger partial charge in [0.2, 0.25) is 5.95 Å². The predicted octanol–water partition coefficient (Wildman–Crippen LogP) is 1.62. The second kappa shape index (κ2) is 5.40. The minimum absolute atomic E-state index is 0.0129. The van der Waals surface area contributed by atoms with E-state index in [0.717, 1.165) is 31.9 Å². The second-order valence-corrected chi connectivity index (χ2v) is 6.62. The average Bonchev–Trinajstić information content (AvgIpc) is 2.68. The number of nitrogens with zero attached hydrogens (tertiary/aromatic N) is 4. The van der Waals surface area contributed by atoms with Crippen molar-refractivity contribution in [2.24, 2.45) is 12.5 Å². The van der Waals surface area contributed by atoms with E-state index in [4.69, 9.17) is 5.11 Å². The third-order valence-electron chi connectivity index (χ3n) is 3.54. The van der Waals surface area contributed by atoms with Gasteiger partial charge in [0.15, 0.2) is 5.16 Å². The lowest BCUT2D eigenvalue weighted by molar-refractivity contribution is -0.133. The first kappa shape index (κ1) is 14.2. The summed E-state index contributed by atoms with van der Waals surface area (Å²) in [6, 6.07) is 0. The van der Waals surface area contributed by atoms with Gasteiger partial charge >= 0.3 is 5.97 Å². The fourth-order valence-corrected chi connectivity index (χ4v) is 2.77. The van der Waals surface area contributed by atoms with Crippen LogP contribution < -0.4 is 4.90 Å². The van der Waals surface area contributed by atoms with Crippen LogP contribution in [0.2, 0.25) is 0 Å². The van der Waals surface area contributed by atoms with Crippen LogP contribution in [-0.2, 0) is 11.8 Å². The van der Waals surface area contributed by atoms with Gasteiger partial charge in [0.1, 0.15) is 0 Å². The predicted molar refractivity (Wildman–Crippen MR) is 74.6 cm³/mol. The quantitative estimate of drug-likeness (QED) is 0.847. The first-order chi connectivity index (χ1) is 8.89. The maximum Gasteiger partial charge on any atom is 0.313 e. The normalized spacial score (nSPS) is 18.6. The lowest BCUT2D eigenvalue weighted by atomic mass is 9.83. The Bertz CT molecular complexity index is 462. The summed E-state index contributed by atoms with van der Waals surface area (Å²) in [5.74, 6) is 0.0107. The lowest BCUT2D eigenvalue weighted by Gasteiger charge is -2.37. The summed E-state index contributed by atoms with van der Waals surface area (Å²) >= 11 is 1.20. The highest BCUT2D eigenvalue weighted by atomic mass is 32.2. The van der Waals surface area contributed by atoms with Crippen LogP contribution in [0.1, 0.15) is 26.7 Å². The summed E-state index contributed by atoms with van der Waals surface area (Å²) in [4.78, 5) is 12.8.